The number of hydrogen-bond donors (Lipinski definition) is 1. The SMILES string of the molecule is CCOC(=O)[C@H]1C(=O)NC(SCC(=O)OC)=C(C#N)[C@@H]1c1ccccc1Cl. The number of amides is 1. The number of esters is 2. The number of nitrogens with zero attached hydrogens (tertiary/aromatic N) is 1. The minimum atomic E-state index is -1.26. The third-order valence-corrected chi connectivity index (χ3v) is 5.21. The van der Waals surface area contributed by atoms with Crippen molar-refractivity contribution in [2.24, 2.45) is 5.92 Å². The monoisotopic (exact) mass is 408 g/mol. The normalized spacial score (nSPS) is 19.1. The highest BCUT2D eigenvalue weighted by molar-refractivity contribution is 8.03. The molecule has 27 heavy (non-hydrogen) atoms. The summed E-state index contributed by atoms with van der Waals surface area (Å²) in [4.78, 5) is 36.5. The molecule has 1 aliphatic rings. The summed E-state index contributed by atoms with van der Waals surface area (Å²) in [6.07, 6.45) is 0. The van der Waals surface area contributed by atoms with E-state index >= 15 is 0 Å². The largest absolute Gasteiger partial charge is 0.468 e. The predicted octanol–water partition coefficient (Wildman–Crippen LogP) is 2.37. The molecule has 0 saturated heterocycles. The van der Waals surface area contributed by atoms with Gasteiger partial charge in [-0.3, -0.25) is 14.4 Å². The lowest BCUT2D eigenvalue weighted by Crippen LogP contribution is -2.44. The van der Waals surface area contributed by atoms with Crippen molar-refractivity contribution in [1.29, 1.82) is 5.26 Å². The summed E-state index contributed by atoms with van der Waals surface area (Å²) in [6, 6.07) is 8.71. The van der Waals surface area contributed by atoms with Gasteiger partial charge in [0.2, 0.25) is 5.91 Å². The summed E-state index contributed by atoms with van der Waals surface area (Å²) in [5.74, 6) is -4.16. The molecule has 0 bridgehead atoms. The van der Waals surface area contributed by atoms with Crippen molar-refractivity contribution >= 4 is 41.2 Å². The van der Waals surface area contributed by atoms with E-state index in [1.54, 1.807) is 31.2 Å². The zero-order valence-corrected chi connectivity index (χ0v) is 16.2. The molecule has 1 amide bonds. The number of allylic oxidation sites excluding steroid dienone is 1. The standard InChI is InChI=1S/C18H17ClN2O5S/c1-3-26-18(24)15-14(10-6-4-5-7-12(10)19)11(8-20)17(21-16(15)23)27-9-13(22)25-2/h4-7,14-15H,3,9H2,1-2H3,(H,21,23)/t14-,15+/m0/s1. The Balaban J connectivity index is 2.57. The van der Waals surface area contributed by atoms with Crippen LogP contribution in [0.25, 0.3) is 0 Å². The molecular weight excluding hydrogens is 392 g/mol. The molecule has 0 spiro atoms. The van der Waals surface area contributed by atoms with Crippen LogP contribution in [0.1, 0.15) is 18.4 Å². The van der Waals surface area contributed by atoms with Gasteiger partial charge in [-0.05, 0) is 18.6 Å². The second-order valence-corrected chi connectivity index (χ2v) is 6.83. The van der Waals surface area contributed by atoms with E-state index in [0.717, 1.165) is 11.8 Å². The van der Waals surface area contributed by atoms with Crippen LogP contribution >= 0.6 is 23.4 Å². The number of halogens is 1. The second kappa shape index (κ2) is 9.44. The Morgan fingerprint density at radius 2 is 2.07 bits per heavy atom. The van der Waals surface area contributed by atoms with Gasteiger partial charge in [-0.15, -0.1) is 0 Å². The molecule has 1 N–H and O–H groups in total. The summed E-state index contributed by atoms with van der Waals surface area (Å²) >= 11 is 7.23. The van der Waals surface area contributed by atoms with Gasteiger partial charge in [0.15, 0.2) is 0 Å². The van der Waals surface area contributed by atoms with Gasteiger partial charge in [-0.25, -0.2) is 0 Å². The molecule has 1 aliphatic heterocycles. The molecule has 2 rings (SSSR count). The van der Waals surface area contributed by atoms with E-state index < -0.39 is 29.7 Å². The van der Waals surface area contributed by atoms with Gasteiger partial charge in [-0.1, -0.05) is 41.6 Å². The number of thioether (sulfide) groups is 1. The molecule has 9 heteroatoms. The molecule has 0 radical (unpaired) electrons. The number of methoxy groups -OCH3 is 1. The topological polar surface area (TPSA) is 105 Å². The fourth-order valence-corrected chi connectivity index (χ4v) is 3.81. The lowest BCUT2D eigenvalue weighted by Gasteiger charge is -2.31. The predicted molar refractivity (Wildman–Crippen MR) is 99.6 cm³/mol. The van der Waals surface area contributed by atoms with Gasteiger partial charge >= 0.3 is 11.9 Å². The van der Waals surface area contributed by atoms with Crippen LogP contribution in [0.2, 0.25) is 5.02 Å². The molecule has 0 aromatic heterocycles. The Hall–Kier alpha value is -2.50. The van der Waals surface area contributed by atoms with E-state index in [9.17, 15) is 19.6 Å². The van der Waals surface area contributed by atoms with E-state index in [-0.39, 0.29) is 23.0 Å². The lowest BCUT2D eigenvalue weighted by atomic mass is 9.78. The third kappa shape index (κ3) is 4.62. The van der Waals surface area contributed by atoms with Crippen LogP contribution in [-0.4, -0.2) is 37.3 Å². The van der Waals surface area contributed by atoms with Gasteiger partial charge in [-0.2, -0.15) is 5.26 Å². The van der Waals surface area contributed by atoms with Crippen LogP contribution in [0.15, 0.2) is 34.9 Å². The summed E-state index contributed by atoms with van der Waals surface area (Å²) in [7, 11) is 1.24. The Kier molecular flexibility index (Phi) is 7.28. The Morgan fingerprint density at radius 3 is 2.67 bits per heavy atom. The smallest absolute Gasteiger partial charge is 0.319 e. The maximum atomic E-state index is 12.7. The molecule has 1 heterocycles. The number of ether oxygens (including phenoxy) is 2. The van der Waals surface area contributed by atoms with Gasteiger partial charge < -0.3 is 14.8 Å². The maximum Gasteiger partial charge on any atom is 0.319 e. The number of rotatable bonds is 6. The molecule has 1 aromatic carbocycles. The highest BCUT2D eigenvalue weighted by Crippen LogP contribution is 2.42. The number of carbonyl (C=O) groups excluding carboxylic acids is 3. The van der Waals surface area contributed by atoms with E-state index in [4.69, 9.17) is 16.3 Å². The third-order valence-electron chi connectivity index (χ3n) is 3.87. The van der Waals surface area contributed by atoms with Crippen LogP contribution < -0.4 is 5.32 Å². The van der Waals surface area contributed by atoms with Gasteiger partial charge in [0.25, 0.3) is 0 Å². The first-order chi connectivity index (χ1) is 12.9. The van der Waals surface area contributed by atoms with Crippen LogP contribution in [0.5, 0.6) is 0 Å². The molecule has 1 aromatic rings. The first kappa shape index (κ1) is 20.8. The number of benzene rings is 1. The first-order valence-corrected chi connectivity index (χ1v) is 9.36. The first-order valence-electron chi connectivity index (χ1n) is 8.00. The zero-order chi connectivity index (χ0) is 20.0. The van der Waals surface area contributed by atoms with Crippen molar-refractivity contribution in [1.82, 2.24) is 5.32 Å². The Bertz CT molecular complexity index is 833. The number of carbonyl (C=O) groups is 3. The number of nitriles is 1. The number of nitrogens with one attached hydrogen (secondary N) is 1. The van der Waals surface area contributed by atoms with E-state index in [2.05, 4.69) is 10.1 Å². The molecule has 7 nitrogen and oxygen atoms in total. The zero-order valence-electron chi connectivity index (χ0n) is 14.7. The van der Waals surface area contributed by atoms with Crippen LogP contribution in [0.4, 0.5) is 0 Å². The van der Waals surface area contributed by atoms with Crippen molar-refractivity contribution in [2.75, 3.05) is 19.5 Å². The highest BCUT2D eigenvalue weighted by Gasteiger charge is 2.45. The van der Waals surface area contributed by atoms with Crippen molar-refractivity contribution in [3.05, 3.63) is 45.5 Å². The summed E-state index contributed by atoms with van der Waals surface area (Å²) in [5.41, 5.74) is 0.592. The molecule has 0 unspecified atom stereocenters. The van der Waals surface area contributed by atoms with Gasteiger partial charge in [0.05, 0.1) is 36.1 Å². The Labute approximate surface area is 165 Å². The molecular formula is C18H17ClN2O5S. The van der Waals surface area contributed by atoms with Crippen LogP contribution in [0, 0.1) is 17.2 Å². The van der Waals surface area contributed by atoms with Crippen molar-refractivity contribution < 1.29 is 23.9 Å². The van der Waals surface area contributed by atoms with E-state index in [1.807, 2.05) is 6.07 Å². The average Bonchev–Trinajstić information content (AvgIpc) is 2.65. The van der Waals surface area contributed by atoms with Gasteiger partial charge in [0, 0.05) is 10.9 Å². The number of hydrogen-bond acceptors (Lipinski definition) is 7. The lowest BCUT2D eigenvalue weighted by molar-refractivity contribution is -0.153. The minimum absolute atomic E-state index is 0.0907. The fraction of sp³-hybridized carbons (Fsp3) is 0.333. The van der Waals surface area contributed by atoms with Crippen molar-refractivity contribution in [2.45, 2.75) is 12.8 Å². The minimum Gasteiger partial charge on any atom is -0.468 e. The Morgan fingerprint density at radius 1 is 1.37 bits per heavy atom. The fourth-order valence-electron chi connectivity index (χ4n) is 2.68. The van der Waals surface area contributed by atoms with E-state index in [0.29, 0.717) is 10.6 Å². The van der Waals surface area contributed by atoms with Crippen LogP contribution in [0.3, 0.4) is 0 Å². The van der Waals surface area contributed by atoms with Gasteiger partial charge in [0.1, 0.15) is 5.92 Å². The average molecular weight is 409 g/mol. The molecule has 0 saturated carbocycles. The molecule has 2 atom stereocenters. The van der Waals surface area contributed by atoms with Crippen molar-refractivity contribution in [3.8, 4) is 6.07 Å². The second-order valence-electron chi connectivity index (χ2n) is 5.44. The molecule has 0 fully saturated rings. The highest BCUT2D eigenvalue weighted by atomic mass is 35.5. The molecule has 142 valence electrons. The summed E-state index contributed by atoms with van der Waals surface area (Å²) < 4.78 is 9.62. The quantitative estimate of drug-likeness (QED) is 0.569. The van der Waals surface area contributed by atoms with Crippen LogP contribution in [-0.2, 0) is 23.9 Å². The maximum absolute atomic E-state index is 12.7. The summed E-state index contributed by atoms with van der Waals surface area (Å²) in [6.45, 7) is 1.72. The molecule has 0 aliphatic carbocycles. The van der Waals surface area contributed by atoms with Crippen molar-refractivity contribution in [3.63, 3.8) is 0 Å². The van der Waals surface area contributed by atoms with E-state index in [1.165, 1.54) is 7.11 Å². The summed E-state index contributed by atoms with van der Waals surface area (Å²) in [5, 5.41) is 12.8.